The quantitative estimate of drug-likeness (QED) is 0.793. The Bertz CT molecular complexity index is 428. The van der Waals surface area contributed by atoms with E-state index in [0.29, 0.717) is 19.1 Å². The van der Waals surface area contributed by atoms with Crippen molar-refractivity contribution >= 4 is 24.3 Å². The van der Waals surface area contributed by atoms with Crippen molar-refractivity contribution in [3.05, 3.63) is 0 Å². The number of rotatable bonds is 2. The molecule has 0 bridgehead atoms. The van der Waals surface area contributed by atoms with Crippen LogP contribution in [0.3, 0.4) is 0 Å². The van der Waals surface area contributed by atoms with E-state index in [0.717, 1.165) is 45.2 Å². The van der Waals surface area contributed by atoms with E-state index < -0.39 is 0 Å². The van der Waals surface area contributed by atoms with Crippen LogP contribution in [0.25, 0.3) is 0 Å². The minimum absolute atomic E-state index is 0. The van der Waals surface area contributed by atoms with E-state index in [1.165, 1.54) is 12.8 Å². The Kier molecular flexibility index (Phi) is 6.53. The molecule has 2 aliphatic heterocycles. The Hall–Kier alpha value is -1.01. The molecule has 132 valence electrons. The van der Waals surface area contributed by atoms with Gasteiger partial charge in [-0.25, -0.2) is 4.79 Å². The summed E-state index contributed by atoms with van der Waals surface area (Å²) in [5, 5.41) is 3.13. The predicted octanol–water partition coefficient (Wildman–Crippen LogP) is 1.33. The first kappa shape index (κ1) is 18.3. The average molecular weight is 345 g/mol. The summed E-state index contributed by atoms with van der Waals surface area (Å²) in [7, 11) is 0. The summed E-state index contributed by atoms with van der Waals surface area (Å²) in [4.78, 5) is 28.7. The van der Waals surface area contributed by atoms with Crippen LogP contribution in [-0.4, -0.2) is 60.0 Å². The maximum absolute atomic E-state index is 12.6. The van der Waals surface area contributed by atoms with Crippen LogP contribution >= 0.6 is 12.4 Å². The normalized spacial score (nSPS) is 28.6. The molecule has 0 spiro atoms. The number of hydrogen-bond donors (Lipinski definition) is 2. The third kappa shape index (κ3) is 4.51. The molecule has 23 heavy (non-hydrogen) atoms. The summed E-state index contributed by atoms with van der Waals surface area (Å²) < 4.78 is 0. The zero-order chi connectivity index (χ0) is 15.5. The molecule has 7 heteroatoms. The van der Waals surface area contributed by atoms with Crippen LogP contribution in [0.5, 0.6) is 0 Å². The lowest BCUT2D eigenvalue weighted by molar-refractivity contribution is -0.135. The lowest BCUT2D eigenvalue weighted by atomic mass is 9.97. The summed E-state index contributed by atoms with van der Waals surface area (Å²) in [5.74, 6) is 0.139. The van der Waals surface area contributed by atoms with E-state index >= 15 is 0 Å². The number of carbonyl (C=O) groups is 2. The van der Waals surface area contributed by atoms with Gasteiger partial charge in [0, 0.05) is 38.3 Å². The van der Waals surface area contributed by atoms with Crippen LogP contribution < -0.4 is 11.1 Å². The molecule has 1 saturated carbocycles. The van der Waals surface area contributed by atoms with E-state index in [-0.39, 0.29) is 36.3 Å². The van der Waals surface area contributed by atoms with Crippen LogP contribution in [0.1, 0.15) is 44.9 Å². The van der Waals surface area contributed by atoms with Gasteiger partial charge >= 0.3 is 6.03 Å². The Morgan fingerprint density at radius 1 is 0.913 bits per heavy atom. The monoisotopic (exact) mass is 344 g/mol. The lowest BCUT2D eigenvalue weighted by Crippen LogP contribution is -2.51. The van der Waals surface area contributed by atoms with Crippen molar-refractivity contribution in [2.45, 2.75) is 57.0 Å². The maximum Gasteiger partial charge on any atom is 0.317 e. The fraction of sp³-hybridized carbons (Fsp3) is 0.875. The Morgan fingerprint density at radius 3 is 2.30 bits per heavy atom. The van der Waals surface area contributed by atoms with Crippen LogP contribution in [-0.2, 0) is 4.79 Å². The van der Waals surface area contributed by atoms with Gasteiger partial charge in [0.2, 0.25) is 5.91 Å². The molecule has 3 N–H and O–H groups in total. The molecule has 0 aromatic rings. The third-order valence-electron chi connectivity index (χ3n) is 5.28. The Balaban J connectivity index is 0.00000192. The molecule has 3 amide bonds. The molecule has 3 fully saturated rings. The second-order valence-corrected chi connectivity index (χ2v) is 7.05. The number of likely N-dealkylation sites (tertiary alicyclic amines) is 2. The SMILES string of the molecule is Cl.N[C@@H]1CCN(C(=O)C2CCCN(C(=O)NC3CCCC3)C2)C1. The average Bonchev–Trinajstić information content (AvgIpc) is 3.18. The van der Waals surface area contributed by atoms with Crippen LogP contribution in [0, 0.1) is 5.92 Å². The van der Waals surface area contributed by atoms with Gasteiger partial charge in [0.05, 0.1) is 5.92 Å². The number of halogens is 1. The molecule has 2 heterocycles. The molecule has 1 aliphatic carbocycles. The first-order chi connectivity index (χ1) is 10.6. The van der Waals surface area contributed by atoms with Gasteiger partial charge in [-0.2, -0.15) is 0 Å². The van der Waals surface area contributed by atoms with Gasteiger partial charge in [-0.15, -0.1) is 12.4 Å². The van der Waals surface area contributed by atoms with E-state index in [2.05, 4.69) is 5.32 Å². The van der Waals surface area contributed by atoms with Crippen LogP contribution in [0.15, 0.2) is 0 Å². The Morgan fingerprint density at radius 2 is 1.65 bits per heavy atom. The van der Waals surface area contributed by atoms with E-state index in [9.17, 15) is 9.59 Å². The van der Waals surface area contributed by atoms with Gasteiger partial charge in [-0.3, -0.25) is 4.79 Å². The van der Waals surface area contributed by atoms with Crippen molar-refractivity contribution in [2.24, 2.45) is 11.7 Å². The smallest absolute Gasteiger partial charge is 0.317 e. The minimum atomic E-state index is -0.0478. The minimum Gasteiger partial charge on any atom is -0.341 e. The highest BCUT2D eigenvalue weighted by Crippen LogP contribution is 2.22. The summed E-state index contributed by atoms with van der Waals surface area (Å²) in [6.07, 6.45) is 7.29. The fourth-order valence-corrected chi connectivity index (χ4v) is 3.94. The molecule has 0 aromatic heterocycles. The van der Waals surface area contributed by atoms with Gasteiger partial charge in [0.25, 0.3) is 0 Å². The number of hydrogen-bond acceptors (Lipinski definition) is 3. The molecule has 2 atom stereocenters. The highest BCUT2D eigenvalue weighted by atomic mass is 35.5. The van der Waals surface area contributed by atoms with Crippen molar-refractivity contribution < 1.29 is 9.59 Å². The highest BCUT2D eigenvalue weighted by molar-refractivity contribution is 5.85. The molecule has 0 radical (unpaired) electrons. The third-order valence-corrected chi connectivity index (χ3v) is 5.28. The van der Waals surface area contributed by atoms with Gasteiger partial charge in [-0.05, 0) is 32.1 Å². The number of nitrogens with one attached hydrogen (secondary N) is 1. The van der Waals surface area contributed by atoms with E-state index in [1.54, 1.807) is 0 Å². The predicted molar refractivity (Wildman–Crippen MR) is 91.5 cm³/mol. The Labute approximate surface area is 144 Å². The van der Waals surface area contributed by atoms with Gasteiger partial charge < -0.3 is 20.9 Å². The summed E-state index contributed by atoms with van der Waals surface area (Å²) in [5.41, 5.74) is 5.89. The molecule has 0 aromatic carbocycles. The molecule has 3 aliphatic rings. The van der Waals surface area contributed by atoms with Crippen LogP contribution in [0.2, 0.25) is 0 Å². The zero-order valence-corrected chi connectivity index (χ0v) is 14.5. The number of carbonyl (C=O) groups excluding carboxylic acids is 2. The maximum atomic E-state index is 12.6. The number of amides is 3. The molecular formula is C16H29ClN4O2. The van der Waals surface area contributed by atoms with Crippen molar-refractivity contribution in [3.63, 3.8) is 0 Å². The van der Waals surface area contributed by atoms with Gasteiger partial charge in [-0.1, -0.05) is 12.8 Å². The topological polar surface area (TPSA) is 78.7 Å². The molecule has 1 unspecified atom stereocenters. The second kappa shape index (κ2) is 8.20. The number of piperidine rings is 1. The first-order valence-electron chi connectivity index (χ1n) is 8.73. The number of urea groups is 1. The summed E-state index contributed by atoms with van der Waals surface area (Å²) >= 11 is 0. The standard InChI is InChI=1S/C16H28N4O2.ClH/c17-13-7-9-19(11-13)15(21)12-4-3-8-20(10-12)16(22)18-14-5-1-2-6-14;/h12-14H,1-11,17H2,(H,18,22);1H/t12?,13-;/m1./s1. The van der Waals surface area contributed by atoms with Crippen molar-refractivity contribution in [3.8, 4) is 0 Å². The van der Waals surface area contributed by atoms with Gasteiger partial charge in [0.15, 0.2) is 0 Å². The fourth-order valence-electron chi connectivity index (χ4n) is 3.94. The van der Waals surface area contributed by atoms with E-state index in [4.69, 9.17) is 5.73 Å². The highest BCUT2D eigenvalue weighted by Gasteiger charge is 2.34. The zero-order valence-electron chi connectivity index (χ0n) is 13.7. The molecule has 3 rings (SSSR count). The largest absolute Gasteiger partial charge is 0.341 e. The number of nitrogens with zero attached hydrogens (tertiary/aromatic N) is 2. The van der Waals surface area contributed by atoms with Crippen molar-refractivity contribution in [2.75, 3.05) is 26.2 Å². The van der Waals surface area contributed by atoms with Crippen molar-refractivity contribution in [1.29, 1.82) is 0 Å². The lowest BCUT2D eigenvalue weighted by Gasteiger charge is -2.34. The van der Waals surface area contributed by atoms with E-state index in [1.807, 2.05) is 9.80 Å². The summed E-state index contributed by atoms with van der Waals surface area (Å²) in [6.45, 7) is 2.76. The molecule has 6 nitrogen and oxygen atoms in total. The number of nitrogens with two attached hydrogens (primary N) is 1. The molecule has 2 saturated heterocycles. The molecular weight excluding hydrogens is 316 g/mol. The van der Waals surface area contributed by atoms with Gasteiger partial charge in [0.1, 0.15) is 0 Å². The summed E-state index contributed by atoms with van der Waals surface area (Å²) in [6, 6.07) is 0.469. The van der Waals surface area contributed by atoms with Crippen molar-refractivity contribution in [1.82, 2.24) is 15.1 Å². The van der Waals surface area contributed by atoms with Crippen LogP contribution in [0.4, 0.5) is 4.79 Å². The first-order valence-corrected chi connectivity index (χ1v) is 8.73. The second-order valence-electron chi connectivity index (χ2n) is 7.05.